The molecule has 138 valence electrons. The van der Waals surface area contributed by atoms with Gasteiger partial charge in [0.25, 0.3) is 0 Å². The third-order valence-corrected chi connectivity index (χ3v) is 5.03. The van der Waals surface area contributed by atoms with E-state index in [1.165, 1.54) is 0 Å². The number of nitrogens with zero attached hydrogens (tertiary/aromatic N) is 3. The molecular formula is C18H20ClN3O4. The number of hydrogen-bond donors (Lipinski definition) is 1. The number of aliphatic carboxylic acids is 1. The Balaban J connectivity index is 1.48. The fraction of sp³-hybridized carbons (Fsp3) is 0.444. The molecule has 0 saturated heterocycles. The van der Waals surface area contributed by atoms with Crippen LogP contribution in [-0.2, 0) is 30.8 Å². The van der Waals surface area contributed by atoms with Gasteiger partial charge in [0.2, 0.25) is 6.79 Å². The summed E-state index contributed by atoms with van der Waals surface area (Å²) < 4.78 is 12.8. The molecule has 0 radical (unpaired) electrons. The lowest BCUT2D eigenvalue weighted by atomic mass is 10.1. The number of aryl methyl sites for hydroxylation is 2. The van der Waals surface area contributed by atoms with Gasteiger partial charge >= 0.3 is 5.97 Å². The van der Waals surface area contributed by atoms with Crippen molar-refractivity contribution in [3.8, 4) is 11.5 Å². The third kappa shape index (κ3) is 3.64. The molecule has 0 saturated carbocycles. The number of carboxylic acids is 1. The zero-order valence-corrected chi connectivity index (χ0v) is 15.0. The van der Waals surface area contributed by atoms with E-state index in [0.29, 0.717) is 23.7 Å². The minimum Gasteiger partial charge on any atom is -0.481 e. The van der Waals surface area contributed by atoms with Gasteiger partial charge in [-0.25, -0.2) is 0 Å². The highest BCUT2D eigenvalue weighted by Gasteiger charge is 2.21. The highest BCUT2D eigenvalue weighted by molar-refractivity contribution is 6.31. The summed E-state index contributed by atoms with van der Waals surface area (Å²) in [6, 6.07) is 5.78. The Hall–Kier alpha value is -2.25. The van der Waals surface area contributed by atoms with E-state index in [2.05, 4.69) is 10.00 Å². The van der Waals surface area contributed by atoms with Gasteiger partial charge < -0.3 is 14.6 Å². The Morgan fingerprint density at radius 2 is 2.04 bits per heavy atom. The lowest BCUT2D eigenvalue weighted by molar-refractivity contribution is -0.136. The van der Waals surface area contributed by atoms with E-state index >= 15 is 0 Å². The molecule has 2 aliphatic heterocycles. The number of halogens is 1. The topological polar surface area (TPSA) is 76.8 Å². The van der Waals surface area contributed by atoms with Gasteiger partial charge in [0.05, 0.1) is 17.8 Å². The standard InChI is InChI=1S/C18H20ClN3O4/c19-15-8-17-16(25-11-26-17)6-12(15)9-21-4-1-5-22-14(10-21)7-13(20-22)2-3-18(23)24/h6-8H,1-5,9-11H2,(H,23,24). The number of benzene rings is 1. The predicted molar refractivity (Wildman–Crippen MR) is 94.5 cm³/mol. The summed E-state index contributed by atoms with van der Waals surface area (Å²) in [5, 5.41) is 14.1. The fourth-order valence-corrected chi connectivity index (χ4v) is 3.61. The largest absolute Gasteiger partial charge is 0.481 e. The van der Waals surface area contributed by atoms with Crippen molar-refractivity contribution in [1.29, 1.82) is 0 Å². The minimum atomic E-state index is -0.799. The summed E-state index contributed by atoms with van der Waals surface area (Å²) in [5.74, 6) is 0.628. The van der Waals surface area contributed by atoms with Crippen LogP contribution in [0.3, 0.4) is 0 Å². The Bertz CT molecular complexity index is 836. The van der Waals surface area contributed by atoms with Crippen molar-refractivity contribution in [1.82, 2.24) is 14.7 Å². The van der Waals surface area contributed by atoms with Gasteiger partial charge in [-0.1, -0.05) is 11.6 Å². The summed E-state index contributed by atoms with van der Waals surface area (Å²) in [4.78, 5) is 13.1. The molecule has 0 unspecified atom stereocenters. The second-order valence-electron chi connectivity index (χ2n) is 6.60. The summed E-state index contributed by atoms with van der Waals surface area (Å²) in [6.07, 6.45) is 1.55. The fourth-order valence-electron chi connectivity index (χ4n) is 3.40. The highest BCUT2D eigenvalue weighted by Crippen LogP contribution is 2.37. The van der Waals surface area contributed by atoms with Crippen LogP contribution in [0.25, 0.3) is 0 Å². The number of rotatable bonds is 5. The zero-order chi connectivity index (χ0) is 18.1. The van der Waals surface area contributed by atoms with Crippen LogP contribution in [0.5, 0.6) is 11.5 Å². The summed E-state index contributed by atoms with van der Waals surface area (Å²) in [5.41, 5.74) is 2.96. The first-order chi connectivity index (χ1) is 12.6. The van der Waals surface area contributed by atoms with Crippen LogP contribution in [0.1, 0.15) is 29.8 Å². The first-order valence-electron chi connectivity index (χ1n) is 8.66. The summed E-state index contributed by atoms with van der Waals surface area (Å²) >= 11 is 6.41. The Morgan fingerprint density at radius 1 is 1.23 bits per heavy atom. The molecule has 26 heavy (non-hydrogen) atoms. The third-order valence-electron chi connectivity index (χ3n) is 4.67. The van der Waals surface area contributed by atoms with Crippen LogP contribution >= 0.6 is 11.6 Å². The van der Waals surface area contributed by atoms with E-state index in [1.54, 1.807) is 0 Å². The normalized spacial score (nSPS) is 16.3. The first-order valence-corrected chi connectivity index (χ1v) is 9.04. The molecule has 0 fully saturated rings. The van der Waals surface area contributed by atoms with Crippen molar-refractivity contribution in [2.45, 2.75) is 38.9 Å². The van der Waals surface area contributed by atoms with E-state index < -0.39 is 5.97 Å². The molecule has 0 spiro atoms. The van der Waals surface area contributed by atoms with Crippen LogP contribution in [0, 0.1) is 0 Å². The smallest absolute Gasteiger partial charge is 0.303 e. The number of fused-ring (bicyclic) bond motifs is 2. The van der Waals surface area contributed by atoms with E-state index in [1.807, 2.05) is 22.9 Å². The molecule has 7 nitrogen and oxygen atoms in total. The van der Waals surface area contributed by atoms with Crippen LogP contribution in [-0.4, -0.2) is 39.1 Å². The van der Waals surface area contributed by atoms with Crippen LogP contribution in [0.4, 0.5) is 0 Å². The maximum absolute atomic E-state index is 10.8. The van der Waals surface area contributed by atoms with Gasteiger partial charge in [-0.2, -0.15) is 5.10 Å². The molecular weight excluding hydrogens is 358 g/mol. The molecule has 2 aromatic rings. The monoisotopic (exact) mass is 377 g/mol. The molecule has 8 heteroatoms. The number of aromatic nitrogens is 2. The SMILES string of the molecule is O=C(O)CCc1cc2n(n1)CCCN(Cc1cc3c(cc1Cl)OCO3)C2. The first kappa shape index (κ1) is 17.2. The van der Waals surface area contributed by atoms with Gasteiger partial charge in [-0.05, 0) is 24.1 Å². The predicted octanol–water partition coefficient (Wildman–Crippen LogP) is 2.69. The van der Waals surface area contributed by atoms with Gasteiger partial charge in [-0.3, -0.25) is 14.4 Å². The lowest BCUT2D eigenvalue weighted by Gasteiger charge is -2.20. The molecule has 1 aromatic heterocycles. The van der Waals surface area contributed by atoms with E-state index in [4.69, 9.17) is 26.2 Å². The maximum Gasteiger partial charge on any atom is 0.303 e. The van der Waals surface area contributed by atoms with Crippen LogP contribution in [0.15, 0.2) is 18.2 Å². The Kier molecular flexibility index (Phi) is 4.74. The number of carboxylic acid groups (broad SMARTS) is 1. The Labute approximate surface area is 156 Å². The molecule has 0 aliphatic carbocycles. The molecule has 0 bridgehead atoms. The Morgan fingerprint density at radius 3 is 2.85 bits per heavy atom. The van der Waals surface area contributed by atoms with Crippen molar-refractivity contribution in [2.24, 2.45) is 0 Å². The van der Waals surface area contributed by atoms with E-state index in [9.17, 15) is 4.79 Å². The molecule has 2 aliphatic rings. The summed E-state index contributed by atoms with van der Waals surface area (Å²) in [6.45, 7) is 3.49. The van der Waals surface area contributed by atoms with E-state index in [0.717, 1.165) is 48.8 Å². The van der Waals surface area contributed by atoms with Crippen LogP contribution < -0.4 is 9.47 Å². The van der Waals surface area contributed by atoms with Crippen LogP contribution in [0.2, 0.25) is 5.02 Å². The molecule has 0 atom stereocenters. The van der Waals surface area contributed by atoms with Crippen molar-refractivity contribution in [3.05, 3.63) is 40.2 Å². The quantitative estimate of drug-likeness (QED) is 0.863. The number of ether oxygens (including phenoxy) is 2. The maximum atomic E-state index is 10.8. The minimum absolute atomic E-state index is 0.104. The van der Waals surface area contributed by atoms with Crippen molar-refractivity contribution >= 4 is 17.6 Å². The second kappa shape index (κ2) is 7.17. The average molecular weight is 378 g/mol. The lowest BCUT2D eigenvalue weighted by Crippen LogP contribution is -2.23. The second-order valence-corrected chi connectivity index (χ2v) is 7.01. The molecule has 1 aromatic carbocycles. The van der Waals surface area contributed by atoms with Gasteiger partial charge in [-0.15, -0.1) is 0 Å². The van der Waals surface area contributed by atoms with Crippen molar-refractivity contribution < 1.29 is 19.4 Å². The number of hydrogen-bond acceptors (Lipinski definition) is 5. The number of carbonyl (C=O) groups is 1. The highest BCUT2D eigenvalue weighted by atomic mass is 35.5. The molecule has 1 N–H and O–H groups in total. The van der Waals surface area contributed by atoms with Gasteiger partial charge in [0.1, 0.15) is 0 Å². The molecule has 4 rings (SSSR count). The van der Waals surface area contributed by atoms with Crippen molar-refractivity contribution in [2.75, 3.05) is 13.3 Å². The van der Waals surface area contributed by atoms with E-state index in [-0.39, 0.29) is 13.2 Å². The van der Waals surface area contributed by atoms with Gasteiger partial charge in [0, 0.05) is 43.7 Å². The van der Waals surface area contributed by atoms with Crippen molar-refractivity contribution in [3.63, 3.8) is 0 Å². The molecule has 3 heterocycles. The van der Waals surface area contributed by atoms with Gasteiger partial charge in [0.15, 0.2) is 11.5 Å². The summed E-state index contributed by atoms with van der Waals surface area (Å²) in [7, 11) is 0. The average Bonchev–Trinajstić information content (AvgIpc) is 3.15. The zero-order valence-electron chi connectivity index (χ0n) is 14.3. The molecule has 0 amide bonds.